The molecule has 0 aromatic rings. The average Bonchev–Trinajstić information content (AvgIpc) is 3.71. The number of hydrogen-bond donors (Lipinski definition) is 0. The normalized spacial score (nSPS) is 25.7. The van der Waals surface area contributed by atoms with Crippen LogP contribution in [0.25, 0.3) is 0 Å². The van der Waals surface area contributed by atoms with Gasteiger partial charge >= 0.3 is 34.1 Å². The number of hydrogen-bond acceptors (Lipinski definition) is 5. The van der Waals surface area contributed by atoms with Gasteiger partial charge in [0.05, 0.1) is 18.4 Å². The van der Waals surface area contributed by atoms with Crippen LogP contribution in [-0.4, -0.2) is 49.5 Å². The molecule has 5 rings (SSSR count). The van der Waals surface area contributed by atoms with Crippen LogP contribution in [0.1, 0.15) is 12.8 Å². The molecule has 0 aromatic carbocycles. The molecule has 4 saturated carbocycles. The topological polar surface area (TPSA) is 24.8 Å². The second-order valence-corrected chi connectivity index (χ2v) is 9.56. The fourth-order valence-corrected chi connectivity index (χ4v) is 4.86. The zero-order valence-electron chi connectivity index (χ0n) is 21.0. The smallest absolute Gasteiger partial charge is 0.382 e. The molecule has 1 heterocycles. The van der Waals surface area contributed by atoms with Gasteiger partial charge in [-0.1, -0.05) is 0 Å². The predicted octanol–water partition coefficient (Wildman–Crippen LogP) is 5.68. The minimum absolute atomic E-state index is 0. The average molecular weight is 602 g/mol. The van der Waals surface area contributed by atoms with Crippen molar-refractivity contribution in [3.63, 3.8) is 0 Å². The van der Waals surface area contributed by atoms with E-state index in [-0.39, 0.29) is 34.1 Å². The molecule has 1 aliphatic heterocycles. The van der Waals surface area contributed by atoms with Crippen LogP contribution in [0.2, 0.25) is 0 Å². The van der Waals surface area contributed by atoms with E-state index in [1.807, 2.05) is 44.9 Å². The largest absolute Gasteiger partial charge is 2.00 e. The molecule has 3 nitrogen and oxygen atoms in total. The number of hydrazone groups is 1. The Kier molecular flexibility index (Phi) is 20.5. The van der Waals surface area contributed by atoms with Gasteiger partial charge in [0.2, 0.25) is 0 Å². The molecule has 0 bridgehead atoms. The SMILES string of the molecule is COC[C@@H]1CCCN1/N=C(\[C]1[CH][CH][CH][CH]1)[C]1[CH][CH][CH][C]1SC.CS[C]1[CH][CH][CH][CH]1.[CH]1[CH][CH][CH][CH]1.[Fe+2].[Fe+2]. The van der Waals surface area contributed by atoms with E-state index in [4.69, 9.17) is 9.84 Å². The van der Waals surface area contributed by atoms with Gasteiger partial charge in [-0.25, -0.2) is 0 Å². The first-order chi connectivity index (χ1) is 16.8. The van der Waals surface area contributed by atoms with Crippen LogP contribution in [0.15, 0.2) is 5.10 Å². The van der Waals surface area contributed by atoms with Crippen molar-refractivity contribution < 1.29 is 38.9 Å². The van der Waals surface area contributed by atoms with Crippen LogP contribution >= 0.6 is 23.5 Å². The molecule has 4 aliphatic carbocycles. The number of nitrogens with zero attached hydrogens (tertiary/aromatic N) is 2. The van der Waals surface area contributed by atoms with Crippen molar-refractivity contribution in [3.8, 4) is 0 Å². The number of rotatable bonds is 7. The Labute approximate surface area is 253 Å². The van der Waals surface area contributed by atoms with Crippen LogP contribution < -0.4 is 0 Å². The van der Waals surface area contributed by atoms with E-state index in [0.717, 1.165) is 25.3 Å². The summed E-state index contributed by atoms with van der Waals surface area (Å²) in [4.78, 5) is 0. The molecule has 0 unspecified atom stereocenters. The molecule has 20 radical (unpaired) electrons. The molecular weight excluding hydrogens is 568 g/mol. The molecule has 1 atom stereocenters. The van der Waals surface area contributed by atoms with E-state index in [2.05, 4.69) is 75.3 Å². The minimum atomic E-state index is 0. The third kappa shape index (κ3) is 11.7. The van der Waals surface area contributed by atoms with E-state index in [1.165, 1.54) is 28.8 Å². The quantitative estimate of drug-likeness (QED) is 0.277. The number of thioether (sulfide) groups is 2. The van der Waals surface area contributed by atoms with Gasteiger partial charge in [-0.15, -0.1) is 0 Å². The summed E-state index contributed by atoms with van der Waals surface area (Å²) in [6.07, 6.45) is 39.7. The molecule has 190 valence electrons. The molecule has 0 N–H and O–H groups in total. The van der Waals surface area contributed by atoms with Crippen molar-refractivity contribution in [1.29, 1.82) is 0 Å². The first kappa shape index (κ1) is 35.2. The Hall–Kier alpha value is 1.17. The second-order valence-electron chi connectivity index (χ2n) is 7.83. The van der Waals surface area contributed by atoms with Crippen LogP contribution in [-0.2, 0) is 38.9 Å². The molecule has 0 amide bonds. The third-order valence-corrected chi connectivity index (χ3v) is 7.08. The summed E-state index contributed by atoms with van der Waals surface area (Å²) in [7, 11) is 1.77. The second kappa shape index (κ2) is 21.0. The summed E-state index contributed by atoms with van der Waals surface area (Å²) in [5.74, 6) is 2.41. The predicted molar refractivity (Wildman–Crippen MR) is 148 cm³/mol. The van der Waals surface area contributed by atoms with Gasteiger partial charge in [0.25, 0.3) is 0 Å². The van der Waals surface area contributed by atoms with Gasteiger partial charge in [-0.2, -0.15) is 28.6 Å². The fraction of sp³-hybridized carbons (Fsp3) is 0.276. The van der Waals surface area contributed by atoms with Gasteiger partial charge in [-0.3, -0.25) is 5.01 Å². The maximum absolute atomic E-state index is 5.35. The van der Waals surface area contributed by atoms with Gasteiger partial charge in [0.1, 0.15) is 0 Å². The Balaban J connectivity index is 0.000000381. The third-order valence-electron chi connectivity index (χ3n) is 5.54. The maximum atomic E-state index is 5.35. The Morgan fingerprint density at radius 3 is 1.97 bits per heavy atom. The molecular formula is C29H34Fe2N2OS2+4. The summed E-state index contributed by atoms with van der Waals surface area (Å²) < 4.78 is 5.35. The fourth-order valence-electron chi connectivity index (χ4n) is 3.83. The number of methoxy groups -OCH3 is 1. The van der Waals surface area contributed by atoms with Crippen molar-refractivity contribution in [1.82, 2.24) is 5.01 Å². The van der Waals surface area contributed by atoms with Crippen LogP contribution in [0.3, 0.4) is 0 Å². The van der Waals surface area contributed by atoms with E-state index >= 15 is 0 Å². The van der Waals surface area contributed by atoms with Crippen molar-refractivity contribution in [3.05, 3.63) is 125 Å². The van der Waals surface area contributed by atoms with Crippen molar-refractivity contribution in [2.75, 3.05) is 32.8 Å². The Bertz CT molecular complexity index is 560. The van der Waals surface area contributed by atoms with Crippen LogP contribution in [0.4, 0.5) is 0 Å². The minimum Gasteiger partial charge on any atom is -0.382 e. The Morgan fingerprint density at radius 1 is 0.833 bits per heavy atom. The maximum Gasteiger partial charge on any atom is 2.00 e. The summed E-state index contributed by atoms with van der Waals surface area (Å²) >= 11 is 3.55. The van der Waals surface area contributed by atoms with Crippen LogP contribution in [0, 0.1) is 125 Å². The van der Waals surface area contributed by atoms with Crippen molar-refractivity contribution in [2.45, 2.75) is 18.9 Å². The molecule has 7 heteroatoms. The van der Waals surface area contributed by atoms with Crippen LogP contribution in [0.5, 0.6) is 0 Å². The van der Waals surface area contributed by atoms with Gasteiger partial charge in [0.15, 0.2) is 0 Å². The van der Waals surface area contributed by atoms with E-state index in [9.17, 15) is 0 Å². The molecule has 0 spiro atoms. The van der Waals surface area contributed by atoms with Gasteiger partial charge in [0, 0.05) is 36.0 Å². The Morgan fingerprint density at radius 2 is 1.44 bits per heavy atom. The monoisotopic (exact) mass is 602 g/mol. The summed E-state index contributed by atoms with van der Waals surface area (Å²) in [5.41, 5.74) is 1.07. The first-order valence-corrected chi connectivity index (χ1v) is 14.0. The molecule has 36 heavy (non-hydrogen) atoms. The zero-order chi connectivity index (χ0) is 24.0. The van der Waals surface area contributed by atoms with Crippen molar-refractivity contribution in [2.24, 2.45) is 5.10 Å². The van der Waals surface area contributed by atoms with E-state index in [0.29, 0.717) is 6.04 Å². The zero-order valence-corrected chi connectivity index (χ0v) is 24.8. The summed E-state index contributed by atoms with van der Waals surface area (Å²) in [6.45, 7) is 1.75. The van der Waals surface area contributed by atoms with E-state index in [1.54, 1.807) is 30.6 Å². The standard InChI is InChI=1S/C18H22N2OS.C6H7S.C5H5.2Fe/c1-21-13-15-9-6-12-20(15)19-18(14-7-3-4-8-14)16-10-5-11-17(16)22-2;1-7-6-4-2-3-5-6;1-2-4-5-3-1;;/h3-5,7-8,10-11,15H,6,9,12-13H2,1-2H3;2-5H,1H3;1-5H;;/q;;;2*+2/b19-18+;;;;/t15-;;;;/m0..../s1. The summed E-state index contributed by atoms with van der Waals surface area (Å²) in [6, 6.07) is 0.391. The van der Waals surface area contributed by atoms with E-state index < -0.39 is 0 Å². The van der Waals surface area contributed by atoms with Crippen molar-refractivity contribution >= 4 is 29.2 Å². The first-order valence-electron chi connectivity index (χ1n) is 11.6. The van der Waals surface area contributed by atoms with Gasteiger partial charge < -0.3 is 4.74 Å². The summed E-state index contributed by atoms with van der Waals surface area (Å²) in [5, 5.41) is 9.86. The molecule has 1 saturated heterocycles. The number of ether oxygens (including phenoxy) is 1. The molecule has 5 aliphatic rings. The molecule has 0 aromatic heterocycles. The molecule has 5 fully saturated rings. The van der Waals surface area contributed by atoms with Gasteiger partial charge in [-0.05, 0) is 128 Å².